The van der Waals surface area contributed by atoms with Gasteiger partial charge in [-0.15, -0.1) is 0 Å². The summed E-state index contributed by atoms with van der Waals surface area (Å²) in [6, 6.07) is 0. The highest BCUT2D eigenvalue weighted by atomic mass is 19.3. The number of ether oxygens (including phenoxy) is 1. The topological polar surface area (TPSA) is 9.23 Å². The monoisotopic (exact) mass is 404 g/mol. The molecule has 0 radical (unpaired) electrons. The Morgan fingerprint density at radius 2 is 1.15 bits per heavy atom. The van der Waals surface area contributed by atoms with E-state index in [2.05, 4.69) is 0 Å². The molecule has 0 bridgehead atoms. The minimum atomic E-state index is -3.99. The molecule has 0 aromatic rings. The average Bonchev–Trinajstić information content (AvgIpc) is 2.56. The molecule has 158 valence electrons. The van der Waals surface area contributed by atoms with Gasteiger partial charge in [-0.1, -0.05) is 0 Å². The van der Waals surface area contributed by atoms with Crippen molar-refractivity contribution in [3.63, 3.8) is 0 Å². The third-order valence-electron chi connectivity index (χ3n) is 6.57. The van der Waals surface area contributed by atoms with Crippen molar-refractivity contribution in [1.29, 1.82) is 0 Å². The van der Waals surface area contributed by atoms with Crippen LogP contribution in [-0.2, 0) is 4.74 Å². The molecule has 3 fully saturated rings. The van der Waals surface area contributed by atoms with Crippen molar-refractivity contribution < 1.29 is 35.5 Å². The Bertz CT molecular complexity index is 471. The van der Waals surface area contributed by atoms with Gasteiger partial charge in [-0.05, 0) is 56.8 Å². The van der Waals surface area contributed by atoms with E-state index in [1.165, 1.54) is 0 Å². The molecule has 5 unspecified atom stereocenters. The van der Waals surface area contributed by atoms with E-state index < -0.39 is 61.8 Å². The number of halogens is 7. The second-order valence-corrected chi connectivity index (χ2v) is 8.45. The van der Waals surface area contributed by atoms with Gasteiger partial charge in [0.2, 0.25) is 0 Å². The van der Waals surface area contributed by atoms with Crippen molar-refractivity contribution >= 4 is 0 Å². The van der Waals surface area contributed by atoms with E-state index in [-0.39, 0.29) is 24.7 Å². The van der Waals surface area contributed by atoms with Crippen LogP contribution in [0.1, 0.15) is 57.8 Å². The Morgan fingerprint density at radius 3 is 1.70 bits per heavy atom. The van der Waals surface area contributed by atoms with E-state index >= 15 is 0 Å². The van der Waals surface area contributed by atoms with Crippen LogP contribution in [0.5, 0.6) is 0 Å². The predicted molar refractivity (Wildman–Crippen MR) is 86.3 cm³/mol. The molecule has 0 N–H and O–H groups in total. The Kier molecular flexibility index (Phi) is 6.63. The highest BCUT2D eigenvalue weighted by Gasteiger charge is 2.55. The van der Waals surface area contributed by atoms with Crippen LogP contribution in [0.4, 0.5) is 30.7 Å². The van der Waals surface area contributed by atoms with Gasteiger partial charge in [-0.2, -0.15) is 8.78 Å². The van der Waals surface area contributed by atoms with E-state index in [1.54, 1.807) is 0 Å². The molecule has 3 saturated carbocycles. The van der Waals surface area contributed by atoms with Gasteiger partial charge in [0.15, 0.2) is 0 Å². The number of hydrogen-bond donors (Lipinski definition) is 0. The normalized spacial score (nSPS) is 47.0. The molecular formula is C19H27F7O. The molecule has 3 aliphatic rings. The summed E-state index contributed by atoms with van der Waals surface area (Å²) in [5.74, 6) is -2.11. The Balaban J connectivity index is 1.51. The summed E-state index contributed by atoms with van der Waals surface area (Å²) in [5.41, 5.74) is 0. The lowest BCUT2D eigenvalue weighted by atomic mass is 9.72. The van der Waals surface area contributed by atoms with Gasteiger partial charge in [0, 0.05) is 12.8 Å². The Labute approximate surface area is 155 Å². The van der Waals surface area contributed by atoms with Crippen LogP contribution in [0.25, 0.3) is 0 Å². The smallest absolute Gasteiger partial charge is 0.317 e. The first-order valence-corrected chi connectivity index (χ1v) is 9.93. The van der Waals surface area contributed by atoms with Gasteiger partial charge in [-0.3, -0.25) is 0 Å². The first-order valence-electron chi connectivity index (χ1n) is 9.93. The van der Waals surface area contributed by atoms with Gasteiger partial charge >= 0.3 is 6.11 Å². The molecule has 27 heavy (non-hydrogen) atoms. The van der Waals surface area contributed by atoms with Crippen molar-refractivity contribution in [2.45, 2.75) is 101 Å². The third kappa shape index (κ3) is 4.91. The fourth-order valence-corrected chi connectivity index (χ4v) is 5.04. The SMILES string of the molecule is FC1CC(F)C(C(F)(F)OC2CCC(C3CCC(F)C(F)C3)CC2)C(F)C1. The zero-order valence-corrected chi connectivity index (χ0v) is 15.1. The van der Waals surface area contributed by atoms with E-state index in [1.807, 2.05) is 0 Å². The summed E-state index contributed by atoms with van der Waals surface area (Å²) in [6.45, 7) is 0. The maximum atomic E-state index is 14.4. The second kappa shape index (κ2) is 8.46. The zero-order valence-electron chi connectivity index (χ0n) is 15.1. The minimum Gasteiger partial charge on any atom is -0.317 e. The molecule has 8 heteroatoms. The lowest BCUT2D eigenvalue weighted by molar-refractivity contribution is -0.319. The number of rotatable bonds is 4. The lowest BCUT2D eigenvalue weighted by Crippen LogP contribution is -2.50. The highest BCUT2D eigenvalue weighted by Crippen LogP contribution is 2.45. The van der Waals surface area contributed by atoms with Gasteiger partial charge in [-0.25, -0.2) is 22.0 Å². The van der Waals surface area contributed by atoms with E-state index in [4.69, 9.17) is 4.74 Å². The van der Waals surface area contributed by atoms with Crippen LogP contribution >= 0.6 is 0 Å². The minimum absolute atomic E-state index is 0.0405. The molecule has 0 saturated heterocycles. The first kappa shape index (κ1) is 21.2. The summed E-state index contributed by atoms with van der Waals surface area (Å²) >= 11 is 0. The van der Waals surface area contributed by atoms with Crippen LogP contribution in [-0.4, -0.2) is 43.1 Å². The molecule has 0 heterocycles. The molecule has 0 aromatic carbocycles. The van der Waals surface area contributed by atoms with Crippen molar-refractivity contribution in [1.82, 2.24) is 0 Å². The lowest BCUT2D eigenvalue weighted by Gasteiger charge is -2.40. The number of alkyl halides is 7. The van der Waals surface area contributed by atoms with Crippen LogP contribution in [0.3, 0.4) is 0 Å². The fraction of sp³-hybridized carbons (Fsp3) is 1.00. The second-order valence-electron chi connectivity index (χ2n) is 8.45. The fourth-order valence-electron chi connectivity index (χ4n) is 5.04. The van der Waals surface area contributed by atoms with E-state index in [0.29, 0.717) is 32.1 Å². The molecule has 3 rings (SSSR count). The van der Waals surface area contributed by atoms with Crippen LogP contribution in [0, 0.1) is 17.8 Å². The molecular weight excluding hydrogens is 377 g/mol. The molecule has 0 aromatic heterocycles. The van der Waals surface area contributed by atoms with Crippen LogP contribution in [0.2, 0.25) is 0 Å². The van der Waals surface area contributed by atoms with Crippen molar-refractivity contribution in [3.05, 3.63) is 0 Å². The largest absolute Gasteiger partial charge is 0.364 e. The summed E-state index contributed by atoms with van der Waals surface area (Å²) < 4.78 is 101. The van der Waals surface area contributed by atoms with Crippen molar-refractivity contribution in [3.8, 4) is 0 Å². The maximum Gasteiger partial charge on any atom is 0.364 e. The van der Waals surface area contributed by atoms with Gasteiger partial charge in [0.25, 0.3) is 0 Å². The Morgan fingerprint density at radius 1 is 0.593 bits per heavy atom. The average molecular weight is 404 g/mol. The van der Waals surface area contributed by atoms with Crippen molar-refractivity contribution in [2.75, 3.05) is 0 Å². The molecule has 0 spiro atoms. The maximum absolute atomic E-state index is 14.4. The highest BCUT2D eigenvalue weighted by molar-refractivity contribution is 4.92. The molecule has 0 aliphatic heterocycles. The predicted octanol–water partition coefficient (Wildman–Crippen LogP) is 6.06. The van der Waals surface area contributed by atoms with Gasteiger partial charge in [0.1, 0.15) is 36.8 Å². The molecule has 1 nitrogen and oxygen atoms in total. The van der Waals surface area contributed by atoms with Gasteiger partial charge < -0.3 is 4.74 Å². The van der Waals surface area contributed by atoms with Crippen LogP contribution < -0.4 is 0 Å². The molecule has 5 atom stereocenters. The Hall–Kier alpha value is -0.530. The number of hydrogen-bond acceptors (Lipinski definition) is 1. The standard InChI is InChI=1S/C19H27F7O/c20-12-8-16(23)18(17(24)9-12)19(25,26)27-13-4-1-10(2-5-13)11-3-6-14(21)15(22)7-11/h10-18H,1-9H2. The van der Waals surface area contributed by atoms with Crippen molar-refractivity contribution in [2.24, 2.45) is 17.8 Å². The first-order chi connectivity index (χ1) is 12.7. The quantitative estimate of drug-likeness (QED) is 0.518. The van der Waals surface area contributed by atoms with E-state index in [9.17, 15) is 30.7 Å². The summed E-state index contributed by atoms with van der Waals surface area (Å²) in [6.07, 6.45) is -12.9. The molecule has 3 aliphatic carbocycles. The summed E-state index contributed by atoms with van der Waals surface area (Å²) in [5, 5.41) is 0. The zero-order chi connectivity index (χ0) is 19.8. The third-order valence-corrected chi connectivity index (χ3v) is 6.57. The summed E-state index contributed by atoms with van der Waals surface area (Å²) in [7, 11) is 0. The van der Waals surface area contributed by atoms with E-state index in [0.717, 1.165) is 0 Å². The van der Waals surface area contributed by atoms with Crippen LogP contribution in [0.15, 0.2) is 0 Å². The summed E-state index contributed by atoms with van der Waals surface area (Å²) in [4.78, 5) is 0. The van der Waals surface area contributed by atoms with Gasteiger partial charge in [0.05, 0.1) is 6.10 Å². The molecule has 0 amide bonds.